The number of nitrogens with zero attached hydrogens (tertiary/aromatic N) is 5. The smallest absolute Gasteiger partial charge is 0.387 e. The molecule has 0 spiro atoms. The molecule has 3 aromatic carbocycles. The van der Waals surface area contributed by atoms with E-state index in [4.69, 9.17) is 28.3 Å². The minimum Gasteiger partial charge on any atom is -0.468 e. The lowest BCUT2D eigenvalue weighted by molar-refractivity contribution is -0.146. The van der Waals surface area contributed by atoms with Crippen molar-refractivity contribution in [2.24, 2.45) is 5.41 Å². The van der Waals surface area contributed by atoms with Crippen molar-refractivity contribution in [3.05, 3.63) is 77.5 Å². The van der Waals surface area contributed by atoms with Gasteiger partial charge in [0.15, 0.2) is 5.58 Å². The first kappa shape index (κ1) is 33.9. The quantitative estimate of drug-likeness (QED) is 0.132. The van der Waals surface area contributed by atoms with Gasteiger partial charge in [-0.2, -0.15) is 14.0 Å². The number of fused-ring (bicyclic) bond motifs is 1. The van der Waals surface area contributed by atoms with Gasteiger partial charge in [0, 0.05) is 42.4 Å². The molecule has 2 aromatic heterocycles. The first-order valence-corrected chi connectivity index (χ1v) is 16.7. The molecule has 0 aliphatic carbocycles. The van der Waals surface area contributed by atoms with Crippen LogP contribution >= 0.6 is 0 Å². The molecular formula is C39H37F2N5O5. The van der Waals surface area contributed by atoms with Crippen LogP contribution in [0, 0.1) is 23.7 Å². The van der Waals surface area contributed by atoms with Gasteiger partial charge in [0.2, 0.25) is 17.7 Å². The third kappa shape index (κ3) is 6.34. The van der Waals surface area contributed by atoms with E-state index in [9.17, 15) is 18.8 Å². The van der Waals surface area contributed by atoms with E-state index < -0.39 is 12.7 Å². The Morgan fingerprint density at radius 3 is 2.49 bits per heavy atom. The van der Waals surface area contributed by atoms with Crippen LogP contribution in [0.5, 0.6) is 5.75 Å². The van der Waals surface area contributed by atoms with Gasteiger partial charge in [-0.15, -0.1) is 0 Å². The Balaban J connectivity index is 1.25. The van der Waals surface area contributed by atoms with Crippen molar-refractivity contribution in [1.82, 2.24) is 14.9 Å². The highest BCUT2D eigenvalue weighted by atomic mass is 19.3. The number of anilines is 1. The summed E-state index contributed by atoms with van der Waals surface area (Å²) in [4.78, 5) is 25.8. The van der Waals surface area contributed by atoms with E-state index in [0.29, 0.717) is 63.8 Å². The Kier molecular flexibility index (Phi) is 8.85. The van der Waals surface area contributed by atoms with E-state index in [2.05, 4.69) is 31.4 Å². The maximum atomic E-state index is 13.5. The first-order valence-electron chi connectivity index (χ1n) is 16.7. The monoisotopic (exact) mass is 693 g/mol. The molecule has 1 atom stereocenters. The van der Waals surface area contributed by atoms with Crippen molar-refractivity contribution < 1.29 is 31.9 Å². The van der Waals surface area contributed by atoms with Gasteiger partial charge >= 0.3 is 12.6 Å². The van der Waals surface area contributed by atoms with Gasteiger partial charge in [-0.25, -0.2) is 9.97 Å². The summed E-state index contributed by atoms with van der Waals surface area (Å²) in [6, 6.07) is 16.1. The summed E-state index contributed by atoms with van der Waals surface area (Å²) >= 11 is 0. The number of esters is 1. The molecule has 0 N–H and O–H groups in total. The second kappa shape index (κ2) is 13.3. The highest BCUT2D eigenvalue weighted by molar-refractivity contribution is 5.86. The van der Waals surface area contributed by atoms with Crippen LogP contribution in [-0.2, 0) is 16.1 Å². The number of benzene rings is 3. The average molecular weight is 694 g/mol. The number of likely N-dealkylation sites (tertiary alicyclic amines) is 1. The highest BCUT2D eigenvalue weighted by Crippen LogP contribution is 2.41. The number of oxazole rings is 2. The van der Waals surface area contributed by atoms with Crippen molar-refractivity contribution in [2.75, 3.05) is 31.6 Å². The number of methoxy groups -OCH3 is 1. The lowest BCUT2D eigenvalue weighted by Crippen LogP contribution is -2.53. The predicted molar refractivity (Wildman–Crippen MR) is 188 cm³/mol. The van der Waals surface area contributed by atoms with Crippen LogP contribution in [0.1, 0.15) is 49.1 Å². The SMILES string of the molecule is C=Cc1nc(-c2cccc(-c3cccc(-c4nc5cc(CN6CCC[C@H]6C(=O)OC)c(OC(F)F)cc5o4)c3C)c2C#N)oc1N1CC(C)(C)C1. The van der Waals surface area contributed by atoms with Gasteiger partial charge in [-0.3, -0.25) is 9.69 Å². The molecule has 0 radical (unpaired) electrons. The standard InChI is InChI=1S/C39H37F2N5O5/c1-6-29-36(46-20-39(3,4)21-46)51-35(43-29)27-13-8-12-26(28(27)18-42)24-10-7-11-25(22(24)2)34-44-30-16-23(32(50-38(40)41)17-33(30)49-34)19-45-15-9-14-31(45)37(47)48-5/h6-8,10-13,16-17,31,38H,1,9,14-15,19-21H2,2-5H3/t31-/m0/s1. The van der Waals surface area contributed by atoms with Crippen LogP contribution in [0.2, 0.25) is 0 Å². The van der Waals surface area contributed by atoms with E-state index in [1.165, 1.54) is 13.2 Å². The fraction of sp³-hybridized carbons (Fsp3) is 0.333. The number of hydrogen-bond donors (Lipinski definition) is 0. The first-order chi connectivity index (χ1) is 24.5. The van der Waals surface area contributed by atoms with Gasteiger partial charge in [0.25, 0.3) is 0 Å². The molecule has 2 aliphatic rings. The maximum absolute atomic E-state index is 13.5. The largest absolute Gasteiger partial charge is 0.468 e. The number of nitriles is 1. The molecule has 4 heterocycles. The number of rotatable bonds is 10. The maximum Gasteiger partial charge on any atom is 0.387 e. The third-order valence-electron chi connectivity index (χ3n) is 9.61. The highest BCUT2D eigenvalue weighted by Gasteiger charge is 2.38. The summed E-state index contributed by atoms with van der Waals surface area (Å²) in [5.74, 6) is 0.829. The minimum absolute atomic E-state index is 0.0520. The number of alkyl halides is 2. The summed E-state index contributed by atoms with van der Waals surface area (Å²) in [5.41, 5.74) is 5.82. The zero-order valence-electron chi connectivity index (χ0n) is 28.8. The van der Waals surface area contributed by atoms with E-state index >= 15 is 0 Å². The van der Waals surface area contributed by atoms with Gasteiger partial charge in [0.1, 0.15) is 29.1 Å². The minimum atomic E-state index is -3.06. The van der Waals surface area contributed by atoms with E-state index in [-0.39, 0.29) is 35.2 Å². The molecule has 262 valence electrons. The van der Waals surface area contributed by atoms with Crippen molar-refractivity contribution in [2.45, 2.75) is 52.8 Å². The van der Waals surface area contributed by atoms with Gasteiger partial charge in [-0.1, -0.05) is 44.7 Å². The number of ether oxygens (including phenoxy) is 2. The van der Waals surface area contributed by atoms with Crippen LogP contribution in [0.4, 0.5) is 14.7 Å². The zero-order valence-corrected chi connectivity index (χ0v) is 28.8. The molecule has 7 rings (SSSR count). The fourth-order valence-electron chi connectivity index (χ4n) is 7.24. The van der Waals surface area contributed by atoms with Crippen LogP contribution in [-0.4, -0.2) is 60.2 Å². The summed E-state index contributed by atoms with van der Waals surface area (Å²) < 4.78 is 49.3. The van der Waals surface area contributed by atoms with E-state index in [1.807, 2.05) is 48.2 Å². The van der Waals surface area contributed by atoms with Crippen LogP contribution in [0.25, 0.3) is 51.2 Å². The molecule has 0 unspecified atom stereocenters. The summed E-state index contributed by atoms with van der Waals surface area (Å²) in [6.45, 7) is 9.61. The molecule has 5 aromatic rings. The Labute approximate surface area is 293 Å². The molecule has 2 fully saturated rings. The van der Waals surface area contributed by atoms with Crippen molar-refractivity contribution in [1.29, 1.82) is 5.26 Å². The Morgan fingerprint density at radius 2 is 1.80 bits per heavy atom. The number of carbonyl (C=O) groups excluding carboxylic acids is 1. The molecule has 10 nitrogen and oxygen atoms in total. The van der Waals surface area contributed by atoms with Gasteiger partial charge < -0.3 is 23.2 Å². The summed E-state index contributed by atoms with van der Waals surface area (Å²) in [6.07, 6.45) is 3.06. The summed E-state index contributed by atoms with van der Waals surface area (Å²) in [7, 11) is 1.33. The Bertz CT molecular complexity index is 2190. The zero-order chi connectivity index (χ0) is 36.0. The molecule has 2 aliphatic heterocycles. The normalized spacial score (nSPS) is 17.1. The van der Waals surface area contributed by atoms with Crippen molar-refractivity contribution >= 4 is 29.0 Å². The number of carbonyl (C=O) groups is 1. The molecule has 51 heavy (non-hydrogen) atoms. The van der Waals surface area contributed by atoms with E-state index in [0.717, 1.165) is 30.6 Å². The van der Waals surface area contributed by atoms with Crippen LogP contribution in [0.15, 0.2) is 63.9 Å². The molecule has 12 heteroatoms. The topological polar surface area (TPSA) is 118 Å². The Morgan fingerprint density at radius 1 is 1.10 bits per heavy atom. The van der Waals surface area contributed by atoms with Gasteiger partial charge in [0.05, 0.1) is 18.2 Å². The number of aromatic nitrogens is 2. The van der Waals surface area contributed by atoms with Crippen molar-refractivity contribution in [3.63, 3.8) is 0 Å². The van der Waals surface area contributed by atoms with E-state index in [1.54, 1.807) is 12.1 Å². The van der Waals surface area contributed by atoms with Crippen LogP contribution < -0.4 is 9.64 Å². The second-order valence-electron chi connectivity index (χ2n) is 13.7. The molecule has 2 saturated heterocycles. The molecule has 0 amide bonds. The number of hydrogen-bond acceptors (Lipinski definition) is 10. The predicted octanol–water partition coefficient (Wildman–Crippen LogP) is 8.22. The average Bonchev–Trinajstić information content (AvgIpc) is 3.85. The lowest BCUT2D eigenvalue weighted by atomic mass is 9.84. The summed E-state index contributed by atoms with van der Waals surface area (Å²) in [5, 5.41) is 10.5. The lowest BCUT2D eigenvalue weighted by Gasteiger charge is -2.45. The van der Waals surface area contributed by atoms with Gasteiger partial charge in [-0.05, 0) is 67.1 Å². The van der Waals surface area contributed by atoms with Crippen LogP contribution in [0.3, 0.4) is 0 Å². The molecular weight excluding hydrogens is 656 g/mol. The second-order valence-corrected chi connectivity index (χ2v) is 13.7. The fourth-order valence-corrected chi connectivity index (χ4v) is 7.24. The van der Waals surface area contributed by atoms with Crippen molar-refractivity contribution in [3.8, 4) is 45.9 Å². The Hall–Kier alpha value is -5.54. The molecule has 0 saturated carbocycles. The number of halogens is 2. The third-order valence-corrected chi connectivity index (χ3v) is 9.61. The molecule has 0 bridgehead atoms.